The summed E-state index contributed by atoms with van der Waals surface area (Å²) < 4.78 is 0. The SMILES string of the molecule is C=CCCNC(CC)(CN)CCC. The summed E-state index contributed by atoms with van der Waals surface area (Å²) in [6, 6.07) is 0. The van der Waals surface area contributed by atoms with Crippen LogP contribution in [0.2, 0.25) is 0 Å². The maximum atomic E-state index is 5.80. The minimum atomic E-state index is 0.164. The molecule has 3 N–H and O–H groups in total. The Labute approximate surface area is 82.6 Å². The molecule has 1 unspecified atom stereocenters. The van der Waals surface area contributed by atoms with E-state index < -0.39 is 0 Å². The Hall–Kier alpha value is -0.340. The van der Waals surface area contributed by atoms with Crippen LogP contribution in [0.5, 0.6) is 0 Å². The molecule has 2 nitrogen and oxygen atoms in total. The van der Waals surface area contributed by atoms with Gasteiger partial charge in [-0.05, 0) is 25.8 Å². The summed E-state index contributed by atoms with van der Waals surface area (Å²) in [7, 11) is 0. The first-order chi connectivity index (χ1) is 6.24. The highest BCUT2D eigenvalue weighted by molar-refractivity contribution is 4.88. The first-order valence-electron chi connectivity index (χ1n) is 5.30. The lowest BCUT2D eigenvalue weighted by molar-refractivity contribution is 0.299. The predicted octanol–water partition coefficient (Wildman–Crippen LogP) is 2.06. The van der Waals surface area contributed by atoms with Gasteiger partial charge < -0.3 is 11.1 Å². The molecule has 0 aliphatic carbocycles. The predicted molar refractivity (Wildman–Crippen MR) is 59.8 cm³/mol. The fourth-order valence-corrected chi connectivity index (χ4v) is 1.63. The van der Waals surface area contributed by atoms with Crippen LogP contribution in [0, 0.1) is 0 Å². The molecule has 13 heavy (non-hydrogen) atoms. The van der Waals surface area contributed by atoms with Gasteiger partial charge in [-0.1, -0.05) is 26.3 Å². The summed E-state index contributed by atoms with van der Waals surface area (Å²) >= 11 is 0. The van der Waals surface area contributed by atoms with Crippen molar-refractivity contribution in [2.45, 2.75) is 45.1 Å². The van der Waals surface area contributed by atoms with Gasteiger partial charge in [-0.15, -0.1) is 6.58 Å². The largest absolute Gasteiger partial charge is 0.329 e. The molecule has 0 aromatic carbocycles. The third kappa shape index (κ3) is 4.44. The molecule has 0 bridgehead atoms. The molecule has 0 aromatic rings. The second-order valence-corrected chi connectivity index (χ2v) is 3.59. The van der Waals surface area contributed by atoms with Gasteiger partial charge >= 0.3 is 0 Å². The summed E-state index contributed by atoms with van der Waals surface area (Å²) in [6.07, 6.45) is 6.42. The van der Waals surface area contributed by atoms with E-state index in [1.54, 1.807) is 0 Å². The normalized spacial score (nSPS) is 15.3. The molecular weight excluding hydrogens is 160 g/mol. The van der Waals surface area contributed by atoms with E-state index in [0.717, 1.165) is 32.4 Å². The van der Waals surface area contributed by atoms with Crippen molar-refractivity contribution in [1.29, 1.82) is 0 Å². The van der Waals surface area contributed by atoms with E-state index in [2.05, 4.69) is 25.7 Å². The molecule has 0 saturated carbocycles. The van der Waals surface area contributed by atoms with Crippen molar-refractivity contribution in [2.24, 2.45) is 5.73 Å². The maximum Gasteiger partial charge on any atom is 0.0301 e. The Morgan fingerprint density at radius 1 is 1.46 bits per heavy atom. The van der Waals surface area contributed by atoms with Gasteiger partial charge in [-0.2, -0.15) is 0 Å². The molecule has 0 heterocycles. The Morgan fingerprint density at radius 3 is 2.54 bits per heavy atom. The van der Waals surface area contributed by atoms with Gasteiger partial charge in [-0.25, -0.2) is 0 Å². The van der Waals surface area contributed by atoms with Gasteiger partial charge in [0.15, 0.2) is 0 Å². The summed E-state index contributed by atoms with van der Waals surface area (Å²) in [5.41, 5.74) is 5.96. The molecule has 0 aliphatic heterocycles. The molecule has 0 radical (unpaired) electrons. The standard InChI is InChI=1S/C11H24N2/c1-4-7-9-13-11(6-3,10-12)8-5-2/h4,13H,1,5-10,12H2,2-3H3. The Bertz CT molecular complexity index is 128. The molecule has 1 atom stereocenters. The molecule has 0 aromatic heterocycles. The molecule has 0 aliphatic rings. The van der Waals surface area contributed by atoms with Crippen LogP contribution in [0.25, 0.3) is 0 Å². The van der Waals surface area contributed by atoms with Crippen LogP contribution in [-0.4, -0.2) is 18.6 Å². The van der Waals surface area contributed by atoms with Crippen molar-refractivity contribution in [3.63, 3.8) is 0 Å². The fourth-order valence-electron chi connectivity index (χ4n) is 1.63. The third-order valence-corrected chi connectivity index (χ3v) is 2.64. The molecule has 78 valence electrons. The van der Waals surface area contributed by atoms with Crippen LogP contribution in [-0.2, 0) is 0 Å². The van der Waals surface area contributed by atoms with E-state index in [1.165, 1.54) is 6.42 Å². The molecule has 0 fully saturated rings. The van der Waals surface area contributed by atoms with Crippen LogP contribution < -0.4 is 11.1 Å². The monoisotopic (exact) mass is 184 g/mol. The molecule has 0 amide bonds. The highest BCUT2D eigenvalue weighted by Gasteiger charge is 2.23. The minimum absolute atomic E-state index is 0.164. The number of nitrogens with two attached hydrogens (primary N) is 1. The van der Waals surface area contributed by atoms with Gasteiger partial charge in [0, 0.05) is 12.1 Å². The average molecular weight is 184 g/mol. The quantitative estimate of drug-likeness (QED) is 0.447. The van der Waals surface area contributed by atoms with Crippen LogP contribution in [0.1, 0.15) is 39.5 Å². The zero-order valence-electron chi connectivity index (χ0n) is 9.10. The smallest absolute Gasteiger partial charge is 0.0301 e. The highest BCUT2D eigenvalue weighted by atomic mass is 15.0. The van der Waals surface area contributed by atoms with Gasteiger partial charge in [0.1, 0.15) is 0 Å². The fraction of sp³-hybridized carbons (Fsp3) is 0.818. The maximum absolute atomic E-state index is 5.80. The zero-order valence-corrected chi connectivity index (χ0v) is 9.10. The van der Waals surface area contributed by atoms with Crippen molar-refractivity contribution in [3.05, 3.63) is 12.7 Å². The van der Waals surface area contributed by atoms with Crippen molar-refractivity contribution in [1.82, 2.24) is 5.32 Å². The first kappa shape index (κ1) is 12.7. The van der Waals surface area contributed by atoms with Gasteiger partial charge in [0.05, 0.1) is 0 Å². The van der Waals surface area contributed by atoms with Crippen molar-refractivity contribution >= 4 is 0 Å². The lowest BCUT2D eigenvalue weighted by Gasteiger charge is -2.32. The second kappa shape index (κ2) is 7.10. The Morgan fingerprint density at radius 2 is 2.15 bits per heavy atom. The number of rotatable bonds is 8. The van der Waals surface area contributed by atoms with Crippen molar-refractivity contribution in [2.75, 3.05) is 13.1 Å². The van der Waals surface area contributed by atoms with E-state index in [4.69, 9.17) is 5.73 Å². The molecule has 0 spiro atoms. The van der Waals surface area contributed by atoms with E-state index in [0.29, 0.717) is 0 Å². The first-order valence-corrected chi connectivity index (χ1v) is 5.30. The second-order valence-electron chi connectivity index (χ2n) is 3.59. The highest BCUT2D eigenvalue weighted by Crippen LogP contribution is 2.15. The van der Waals surface area contributed by atoms with Crippen LogP contribution >= 0.6 is 0 Å². The van der Waals surface area contributed by atoms with E-state index >= 15 is 0 Å². The van der Waals surface area contributed by atoms with Crippen molar-refractivity contribution in [3.8, 4) is 0 Å². The summed E-state index contributed by atoms with van der Waals surface area (Å²) in [4.78, 5) is 0. The van der Waals surface area contributed by atoms with Gasteiger partial charge in [0.25, 0.3) is 0 Å². The topological polar surface area (TPSA) is 38.0 Å². The summed E-state index contributed by atoms with van der Waals surface area (Å²) in [5, 5.41) is 3.54. The summed E-state index contributed by atoms with van der Waals surface area (Å²) in [5.74, 6) is 0. The summed E-state index contributed by atoms with van der Waals surface area (Å²) in [6.45, 7) is 9.83. The van der Waals surface area contributed by atoms with E-state index in [-0.39, 0.29) is 5.54 Å². The van der Waals surface area contributed by atoms with Crippen LogP contribution in [0.15, 0.2) is 12.7 Å². The lowest BCUT2D eigenvalue weighted by atomic mass is 9.90. The number of nitrogens with one attached hydrogen (secondary N) is 1. The molecular formula is C11H24N2. The van der Waals surface area contributed by atoms with Crippen molar-refractivity contribution < 1.29 is 0 Å². The van der Waals surface area contributed by atoms with Gasteiger partial charge in [0.2, 0.25) is 0 Å². The van der Waals surface area contributed by atoms with Gasteiger partial charge in [-0.3, -0.25) is 0 Å². The molecule has 0 saturated heterocycles. The average Bonchev–Trinajstić information content (AvgIpc) is 2.17. The Balaban J connectivity index is 3.96. The third-order valence-electron chi connectivity index (χ3n) is 2.64. The number of hydrogen-bond donors (Lipinski definition) is 2. The molecule has 0 rings (SSSR count). The Kier molecular flexibility index (Phi) is 6.92. The lowest BCUT2D eigenvalue weighted by Crippen LogP contribution is -2.50. The zero-order chi connectivity index (χ0) is 10.2. The van der Waals surface area contributed by atoms with Crippen LogP contribution in [0.4, 0.5) is 0 Å². The van der Waals surface area contributed by atoms with E-state index in [1.807, 2.05) is 6.08 Å². The van der Waals surface area contributed by atoms with E-state index in [9.17, 15) is 0 Å². The number of hydrogen-bond acceptors (Lipinski definition) is 2. The van der Waals surface area contributed by atoms with Crippen LogP contribution in [0.3, 0.4) is 0 Å². The molecule has 2 heteroatoms. The minimum Gasteiger partial charge on any atom is -0.329 e.